The molecule has 2 aromatic rings. The van der Waals surface area contributed by atoms with Gasteiger partial charge in [-0.2, -0.15) is 0 Å². The summed E-state index contributed by atoms with van der Waals surface area (Å²) in [5, 5.41) is 2.06. The van der Waals surface area contributed by atoms with Crippen LogP contribution in [0.5, 0.6) is 5.75 Å². The minimum Gasteiger partial charge on any atom is -0.496 e. The van der Waals surface area contributed by atoms with Crippen LogP contribution < -0.4 is 10.5 Å². The fourth-order valence-corrected chi connectivity index (χ4v) is 2.20. The van der Waals surface area contributed by atoms with E-state index in [2.05, 4.69) is 23.6 Å². The summed E-state index contributed by atoms with van der Waals surface area (Å²) < 4.78 is 5.35. The zero-order valence-corrected chi connectivity index (χ0v) is 10.5. The highest BCUT2D eigenvalue weighted by atomic mass is 32.1. The molecule has 1 heterocycles. The molecule has 0 saturated heterocycles. The van der Waals surface area contributed by atoms with E-state index in [1.165, 1.54) is 4.88 Å². The van der Waals surface area contributed by atoms with Crippen molar-refractivity contribution in [3.8, 4) is 5.75 Å². The fourth-order valence-electron chi connectivity index (χ4n) is 1.58. The van der Waals surface area contributed by atoms with Gasteiger partial charge in [0.05, 0.1) is 7.11 Å². The molecule has 2 rings (SSSR count). The first kappa shape index (κ1) is 11.9. The standard InChI is InChI=1S/C14H15NOS/c1-16-14-9-11(10-15)4-5-12(14)6-7-13-3-2-8-17-13/h2-9H,10,15H2,1H3. The summed E-state index contributed by atoms with van der Waals surface area (Å²) in [7, 11) is 1.68. The third kappa shape index (κ3) is 2.96. The van der Waals surface area contributed by atoms with Crippen molar-refractivity contribution >= 4 is 23.5 Å². The summed E-state index contributed by atoms with van der Waals surface area (Å²) in [6, 6.07) is 10.2. The van der Waals surface area contributed by atoms with Crippen molar-refractivity contribution in [1.29, 1.82) is 0 Å². The molecule has 0 aliphatic heterocycles. The highest BCUT2D eigenvalue weighted by Crippen LogP contribution is 2.23. The molecule has 0 aliphatic rings. The molecule has 0 saturated carbocycles. The predicted octanol–water partition coefficient (Wildman–Crippen LogP) is 3.39. The second-order valence-corrected chi connectivity index (χ2v) is 4.61. The van der Waals surface area contributed by atoms with E-state index < -0.39 is 0 Å². The second-order valence-electron chi connectivity index (χ2n) is 3.63. The van der Waals surface area contributed by atoms with Crippen molar-refractivity contribution in [1.82, 2.24) is 0 Å². The minimum absolute atomic E-state index is 0.533. The van der Waals surface area contributed by atoms with Gasteiger partial charge in [-0.15, -0.1) is 11.3 Å². The van der Waals surface area contributed by atoms with Gasteiger partial charge in [-0.25, -0.2) is 0 Å². The van der Waals surface area contributed by atoms with Crippen molar-refractivity contribution in [3.63, 3.8) is 0 Å². The van der Waals surface area contributed by atoms with Gasteiger partial charge >= 0.3 is 0 Å². The number of nitrogens with two attached hydrogens (primary N) is 1. The van der Waals surface area contributed by atoms with E-state index in [1.807, 2.05) is 24.3 Å². The van der Waals surface area contributed by atoms with Gasteiger partial charge in [0.1, 0.15) is 5.75 Å². The van der Waals surface area contributed by atoms with Crippen molar-refractivity contribution in [3.05, 3.63) is 51.7 Å². The first-order chi connectivity index (χ1) is 8.33. The van der Waals surface area contributed by atoms with Crippen molar-refractivity contribution < 1.29 is 4.74 Å². The lowest BCUT2D eigenvalue weighted by molar-refractivity contribution is 0.413. The Hall–Kier alpha value is -1.58. The molecule has 1 aromatic carbocycles. The zero-order valence-electron chi connectivity index (χ0n) is 9.72. The van der Waals surface area contributed by atoms with E-state index in [0.717, 1.165) is 16.9 Å². The fraction of sp³-hybridized carbons (Fsp3) is 0.143. The lowest BCUT2D eigenvalue weighted by Crippen LogP contribution is -1.97. The van der Waals surface area contributed by atoms with E-state index >= 15 is 0 Å². The third-order valence-corrected chi connectivity index (χ3v) is 3.34. The minimum atomic E-state index is 0.533. The summed E-state index contributed by atoms with van der Waals surface area (Å²) in [5.41, 5.74) is 7.75. The highest BCUT2D eigenvalue weighted by molar-refractivity contribution is 7.10. The Balaban J connectivity index is 2.26. The van der Waals surface area contributed by atoms with E-state index in [9.17, 15) is 0 Å². The number of ether oxygens (including phenoxy) is 1. The normalized spacial score (nSPS) is 10.9. The number of hydrogen-bond acceptors (Lipinski definition) is 3. The first-order valence-electron chi connectivity index (χ1n) is 5.42. The van der Waals surface area contributed by atoms with Gasteiger partial charge in [0.25, 0.3) is 0 Å². The van der Waals surface area contributed by atoms with Crippen LogP contribution in [0.3, 0.4) is 0 Å². The Bertz CT molecular complexity index is 503. The zero-order chi connectivity index (χ0) is 12.1. The number of benzene rings is 1. The van der Waals surface area contributed by atoms with Crippen molar-refractivity contribution in [2.75, 3.05) is 7.11 Å². The largest absolute Gasteiger partial charge is 0.496 e. The molecular formula is C14H15NOS. The molecule has 17 heavy (non-hydrogen) atoms. The van der Waals surface area contributed by atoms with E-state index in [0.29, 0.717) is 6.54 Å². The SMILES string of the molecule is COc1cc(CN)ccc1C=Cc1cccs1. The molecule has 0 amide bonds. The van der Waals surface area contributed by atoms with E-state index in [-0.39, 0.29) is 0 Å². The number of methoxy groups -OCH3 is 1. The number of hydrogen-bond donors (Lipinski definition) is 1. The first-order valence-corrected chi connectivity index (χ1v) is 6.30. The molecule has 0 fully saturated rings. The van der Waals surface area contributed by atoms with Crippen molar-refractivity contribution in [2.24, 2.45) is 5.73 Å². The Morgan fingerprint density at radius 2 is 2.18 bits per heavy atom. The average Bonchev–Trinajstić information content (AvgIpc) is 2.89. The predicted molar refractivity (Wildman–Crippen MR) is 74.1 cm³/mol. The van der Waals surface area contributed by atoms with Gasteiger partial charge in [-0.05, 0) is 35.2 Å². The third-order valence-electron chi connectivity index (χ3n) is 2.50. The lowest BCUT2D eigenvalue weighted by Gasteiger charge is -2.06. The lowest BCUT2D eigenvalue weighted by atomic mass is 10.1. The van der Waals surface area contributed by atoms with Crippen LogP contribution in [0, 0.1) is 0 Å². The van der Waals surface area contributed by atoms with Gasteiger partial charge in [0, 0.05) is 17.0 Å². The van der Waals surface area contributed by atoms with Crippen LogP contribution in [0.4, 0.5) is 0 Å². The molecule has 0 bridgehead atoms. The molecule has 1 aromatic heterocycles. The van der Waals surface area contributed by atoms with Crippen LogP contribution in [-0.2, 0) is 6.54 Å². The Labute approximate surface area is 105 Å². The molecule has 3 heteroatoms. The van der Waals surface area contributed by atoms with Gasteiger partial charge in [-0.3, -0.25) is 0 Å². The summed E-state index contributed by atoms with van der Waals surface area (Å²) in [4.78, 5) is 1.23. The topological polar surface area (TPSA) is 35.2 Å². The summed E-state index contributed by atoms with van der Waals surface area (Å²) in [6.45, 7) is 0.533. The maximum Gasteiger partial charge on any atom is 0.126 e. The maximum absolute atomic E-state index is 5.60. The van der Waals surface area contributed by atoms with Crippen LogP contribution in [0.2, 0.25) is 0 Å². The van der Waals surface area contributed by atoms with Crippen LogP contribution in [-0.4, -0.2) is 7.11 Å². The molecule has 88 valence electrons. The van der Waals surface area contributed by atoms with Gasteiger partial charge in [0.15, 0.2) is 0 Å². The van der Waals surface area contributed by atoms with Crippen LogP contribution in [0.1, 0.15) is 16.0 Å². The number of rotatable bonds is 4. The Morgan fingerprint density at radius 3 is 2.82 bits per heavy atom. The summed E-state index contributed by atoms with van der Waals surface area (Å²) in [6.07, 6.45) is 4.15. The molecule has 0 spiro atoms. The quantitative estimate of drug-likeness (QED) is 0.896. The summed E-state index contributed by atoms with van der Waals surface area (Å²) in [5.74, 6) is 0.862. The van der Waals surface area contributed by atoms with Crippen LogP contribution in [0.15, 0.2) is 35.7 Å². The number of thiophene rings is 1. The Morgan fingerprint density at radius 1 is 1.29 bits per heavy atom. The maximum atomic E-state index is 5.60. The molecular weight excluding hydrogens is 230 g/mol. The average molecular weight is 245 g/mol. The smallest absolute Gasteiger partial charge is 0.126 e. The molecule has 0 radical (unpaired) electrons. The monoisotopic (exact) mass is 245 g/mol. The second kappa shape index (κ2) is 5.66. The van der Waals surface area contributed by atoms with Crippen LogP contribution in [0.25, 0.3) is 12.2 Å². The Kier molecular flexibility index (Phi) is 3.96. The van der Waals surface area contributed by atoms with Crippen molar-refractivity contribution in [2.45, 2.75) is 6.54 Å². The van der Waals surface area contributed by atoms with E-state index in [1.54, 1.807) is 18.4 Å². The molecule has 2 nitrogen and oxygen atoms in total. The molecule has 2 N–H and O–H groups in total. The molecule has 0 atom stereocenters. The van der Waals surface area contributed by atoms with Gasteiger partial charge in [0.2, 0.25) is 0 Å². The molecule has 0 aliphatic carbocycles. The molecule has 0 unspecified atom stereocenters. The highest BCUT2D eigenvalue weighted by Gasteiger charge is 2.00. The van der Waals surface area contributed by atoms with E-state index in [4.69, 9.17) is 10.5 Å². The summed E-state index contributed by atoms with van der Waals surface area (Å²) >= 11 is 1.72. The van der Waals surface area contributed by atoms with Gasteiger partial charge in [-0.1, -0.05) is 18.2 Å². The van der Waals surface area contributed by atoms with Crippen LogP contribution >= 0.6 is 11.3 Å². The van der Waals surface area contributed by atoms with Gasteiger partial charge < -0.3 is 10.5 Å².